The van der Waals surface area contributed by atoms with E-state index in [0.29, 0.717) is 18.8 Å². The Hall–Kier alpha value is -2.12. The first-order valence-corrected chi connectivity index (χ1v) is 6.16. The van der Waals surface area contributed by atoms with E-state index in [1.807, 2.05) is 6.92 Å². The average Bonchev–Trinajstić information content (AvgIpc) is 2.96. The van der Waals surface area contributed by atoms with E-state index in [9.17, 15) is 14.7 Å². The van der Waals surface area contributed by atoms with Crippen LogP contribution in [0, 0.1) is 5.92 Å². The van der Waals surface area contributed by atoms with Crippen molar-refractivity contribution in [2.75, 3.05) is 6.54 Å². The molecular formula is C11H17N5O3. The number of aromatic amines is 1. The van der Waals surface area contributed by atoms with E-state index in [-0.39, 0.29) is 18.0 Å². The van der Waals surface area contributed by atoms with Gasteiger partial charge in [-0.2, -0.15) is 5.10 Å². The van der Waals surface area contributed by atoms with Crippen LogP contribution in [0.3, 0.4) is 0 Å². The highest BCUT2D eigenvalue weighted by Crippen LogP contribution is 2.24. The van der Waals surface area contributed by atoms with Crippen molar-refractivity contribution < 1.29 is 14.7 Å². The number of hydrogen-bond acceptors (Lipinski definition) is 4. The maximum absolute atomic E-state index is 12.1. The zero-order chi connectivity index (χ0) is 14.0. The number of likely N-dealkylation sites (tertiary alicyclic amines) is 1. The Labute approximate surface area is 110 Å². The number of amides is 2. The van der Waals surface area contributed by atoms with Gasteiger partial charge in [-0.25, -0.2) is 14.6 Å². The van der Waals surface area contributed by atoms with Gasteiger partial charge in [0.25, 0.3) is 0 Å². The van der Waals surface area contributed by atoms with E-state index in [2.05, 4.69) is 20.5 Å². The predicted molar refractivity (Wildman–Crippen MR) is 65.2 cm³/mol. The Morgan fingerprint density at radius 3 is 2.95 bits per heavy atom. The van der Waals surface area contributed by atoms with Crippen molar-refractivity contribution in [2.45, 2.75) is 32.4 Å². The summed E-state index contributed by atoms with van der Waals surface area (Å²) in [4.78, 5) is 28.6. The number of carbonyl (C=O) groups excluding carboxylic acids is 1. The Kier molecular flexibility index (Phi) is 3.68. The van der Waals surface area contributed by atoms with Crippen molar-refractivity contribution in [2.24, 2.45) is 5.92 Å². The fourth-order valence-corrected chi connectivity index (χ4v) is 2.31. The molecule has 1 aliphatic rings. The highest BCUT2D eigenvalue weighted by molar-refractivity contribution is 5.83. The smallest absolute Gasteiger partial charge is 0.326 e. The Balaban J connectivity index is 2.02. The van der Waals surface area contributed by atoms with Gasteiger partial charge in [0.2, 0.25) is 0 Å². The Bertz CT molecular complexity index is 461. The highest BCUT2D eigenvalue weighted by atomic mass is 16.4. The molecule has 0 saturated carbocycles. The van der Waals surface area contributed by atoms with Gasteiger partial charge in [-0.3, -0.25) is 5.10 Å². The normalized spacial score (nSPS) is 24.2. The lowest BCUT2D eigenvalue weighted by Gasteiger charge is -2.25. The molecule has 8 nitrogen and oxygen atoms in total. The van der Waals surface area contributed by atoms with E-state index in [1.54, 1.807) is 6.92 Å². The van der Waals surface area contributed by atoms with Crippen LogP contribution >= 0.6 is 0 Å². The highest BCUT2D eigenvalue weighted by Gasteiger charge is 2.39. The summed E-state index contributed by atoms with van der Waals surface area (Å²) in [5.41, 5.74) is 0. The van der Waals surface area contributed by atoms with Crippen molar-refractivity contribution in [1.29, 1.82) is 0 Å². The molecular weight excluding hydrogens is 250 g/mol. The molecule has 19 heavy (non-hydrogen) atoms. The molecule has 0 aliphatic carbocycles. The number of nitrogens with one attached hydrogen (secondary N) is 2. The molecule has 1 fully saturated rings. The third-order valence-electron chi connectivity index (χ3n) is 3.40. The van der Waals surface area contributed by atoms with Gasteiger partial charge in [0.15, 0.2) is 0 Å². The number of aliphatic carboxylic acids is 1. The van der Waals surface area contributed by atoms with Gasteiger partial charge in [0, 0.05) is 6.54 Å². The zero-order valence-electron chi connectivity index (χ0n) is 10.8. The zero-order valence-corrected chi connectivity index (χ0v) is 10.8. The number of urea groups is 1. The average molecular weight is 267 g/mol. The fraction of sp³-hybridized carbons (Fsp3) is 0.636. The lowest BCUT2D eigenvalue weighted by Crippen LogP contribution is -2.48. The standard InChI is InChI=1S/C11H17N5O3/c1-6-3-4-16(8(6)10(17)18)11(19)14-7(2)9-12-5-13-15-9/h5-8H,3-4H2,1-2H3,(H,14,19)(H,17,18)(H,12,13,15). The topological polar surface area (TPSA) is 111 Å². The molecule has 1 aromatic rings. The first kappa shape index (κ1) is 13.3. The third-order valence-corrected chi connectivity index (χ3v) is 3.40. The van der Waals surface area contributed by atoms with E-state index in [4.69, 9.17) is 0 Å². The number of hydrogen-bond donors (Lipinski definition) is 3. The largest absolute Gasteiger partial charge is 0.480 e. The van der Waals surface area contributed by atoms with Crippen molar-refractivity contribution in [3.8, 4) is 0 Å². The summed E-state index contributed by atoms with van der Waals surface area (Å²) >= 11 is 0. The molecule has 1 aliphatic heterocycles. The summed E-state index contributed by atoms with van der Waals surface area (Å²) in [6.07, 6.45) is 2.05. The molecule has 2 amide bonds. The number of nitrogens with zero attached hydrogens (tertiary/aromatic N) is 3. The minimum atomic E-state index is -0.965. The fourth-order valence-electron chi connectivity index (χ4n) is 2.31. The number of aromatic nitrogens is 3. The molecule has 2 rings (SSSR count). The second kappa shape index (κ2) is 5.25. The number of carboxylic acids is 1. The van der Waals surface area contributed by atoms with Crippen LogP contribution in [0.15, 0.2) is 6.33 Å². The Morgan fingerprint density at radius 1 is 1.63 bits per heavy atom. The van der Waals surface area contributed by atoms with Gasteiger partial charge < -0.3 is 15.3 Å². The minimum absolute atomic E-state index is 0.0381. The molecule has 0 spiro atoms. The van der Waals surface area contributed by atoms with Gasteiger partial charge in [-0.15, -0.1) is 0 Å². The lowest BCUT2D eigenvalue weighted by molar-refractivity contribution is -0.142. The quantitative estimate of drug-likeness (QED) is 0.732. The van der Waals surface area contributed by atoms with E-state index in [1.165, 1.54) is 11.2 Å². The van der Waals surface area contributed by atoms with Crippen LogP contribution in [0.2, 0.25) is 0 Å². The molecule has 1 saturated heterocycles. The van der Waals surface area contributed by atoms with Gasteiger partial charge in [0.05, 0.1) is 6.04 Å². The monoisotopic (exact) mass is 267 g/mol. The van der Waals surface area contributed by atoms with E-state index < -0.39 is 12.0 Å². The maximum Gasteiger partial charge on any atom is 0.326 e. The third kappa shape index (κ3) is 2.67. The summed E-state index contributed by atoms with van der Waals surface area (Å²) in [6.45, 7) is 4.05. The molecule has 3 unspecified atom stereocenters. The summed E-state index contributed by atoms with van der Waals surface area (Å²) in [7, 11) is 0. The van der Waals surface area contributed by atoms with Crippen molar-refractivity contribution in [3.05, 3.63) is 12.2 Å². The van der Waals surface area contributed by atoms with Crippen LogP contribution in [-0.4, -0.2) is 49.8 Å². The predicted octanol–water partition coefficient (Wildman–Crippen LogP) is 0.370. The van der Waals surface area contributed by atoms with Crippen LogP contribution in [-0.2, 0) is 4.79 Å². The second-order valence-electron chi connectivity index (χ2n) is 4.78. The van der Waals surface area contributed by atoms with E-state index >= 15 is 0 Å². The van der Waals surface area contributed by atoms with Crippen LogP contribution in [0.4, 0.5) is 4.79 Å². The second-order valence-corrected chi connectivity index (χ2v) is 4.78. The minimum Gasteiger partial charge on any atom is -0.480 e. The van der Waals surface area contributed by atoms with E-state index in [0.717, 1.165) is 0 Å². The van der Waals surface area contributed by atoms with Crippen molar-refractivity contribution in [1.82, 2.24) is 25.4 Å². The van der Waals surface area contributed by atoms with Gasteiger partial charge in [-0.1, -0.05) is 6.92 Å². The number of rotatable bonds is 3. The summed E-state index contributed by atoms with van der Waals surface area (Å²) in [5, 5.41) is 18.3. The first-order valence-electron chi connectivity index (χ1n) is 6.16. The maximum atomic E-state index is 12.1. The van der Waals surface area contributed by atoms with Crippen molar-refractivity contribution in [3.63, 3.8) is 0 Å². The van der Waals surface area contributed by atoms with Gasteiger partial charge >= 0.3 is 12.0 Å². The first-order chi connectivity index (χ1) is 9.00. The molecule has 8 heteroatoms. The number of carboxylic acid groups (broad SMARTS) is 1. The molecule has 0 aromatic carbocycles. The SMILES string of the molecule is CC(NC(=O)N1CCC(C)C1C(=O)O)c1ncn[nH]1. The molecule has 104 valence electrons. The van der Waals surface area contributed by atoms with Crippen LogP contribution in [0.1, 0.15) is 32.1 Å². The summed E-state index contributed by atoms with van der Waals surface area (Å²) in [6, 6.07) is -1.50. The number of H-pyrrole nitrogens is 1. The molecule has 3 N–H and O–H groups in total. The summed E-state index contributed by atoms with van der Waals surface area (Å²) < 4.78 is 0. The van der Waals surface area contributed by atoms with Crippen molar-refractivity contribution >= 4 is 12.0 Å². The van der Waals surface area contributed by atoms with Gasteiger partial charge in [0.1, 0.15) is 18.2 Å². The molecule has 0 bridgehead atoms. The number of carbonyl (C=O) groups is 2. The Morgan fingerprint density at radius 2 is 2.37 bits per heavy atom. The molecule has 2 heterocycles. The lowest BCUT2D eigenvalue weighted by atomic mass is 10.0. The van der Waals surface area contributed by atoms with Gasteiger partial charge in [-0.05, 0) is 19.3 Å². The van der Waals surface area contributed by atoms with Crippen LogP contribution in [0.25, 0.3) is 0 Å². The van der Waals surface area contributed by atoms with Crippen LogP contribution in [0.5, 0.6) is 0 Å². The molecule has 0 radical (unpaired) electrons. The van der Waals surface area contributed by atoms with Crippen LogP contribution < -0.4 is 5.32 Å². The molecule has 1 aromatic heterocycles. The summed E-state index contributed by atoms with van der Waals surface area (Å²) in [5.74, 6) is -0.469. The molecule has 3 atom stereocenters.